The Labute approximate surface area is 132 Å². The first-order valence-corrected chi connectivity index (χ1v) is 7.64. The van der Waals surface area contributed by atoms with Gasteiger partial charge in [-0.05, 0) is 25.1 Å². The van der Waals surface area contributed by atoms with Gasteiger partial charge in [0.1, 0.15) is 12.2 Å². The summed E-state index contributed by atoms with van der Waals surface area (Å²) >= 11 is 3.27. The molecule has 3 unspecified atom stereocenters. The summed E-state index contributed by atoms with van der Waals surface area (Å²) in [7, 11) is 1.63. The third-order valence-electron chi connectivity index (χ3n) is 3.67. The van der Waals surface area contributed by atoms with Crippen LogP contribution in [-0.4, -0.2) is 36.8 Å². The molecule has 0 saturated heterocycles. The van der Waals surface area contributed by atoms with Gasteiger partial charge < -0.3 is 14.8 Å². The molecule has 0 radical (unpaired) electrons. The molecule has 1 aliphatic rings. The highest BCUT2D eigenvalue weighted by atomic mass is 79.9. The predicted octanol–water partition coefficient (Wildman–Crippen LogP) is 2.81. The predicted molar refractivity (Wildman–Crippen MR) is 82.8 cm³/mol. The topological polar surface area (TPSA) is 73.6 Å². The van der Waals surface area contributed by atoms with Crippen LogP contribution in [0.5, 0.6) is 5.75 Å². The number of nitrogens with one attached hydrogen (secondary N) is 1. The largest absolute Gasteiger partial charge is 0.480 e. The summed E-state index contributed by atoms with van der Waals surface area (Å²) in [5.41, 5.74) is 0.710. The third-order valence-corrected chi connectivity index (χ3v) is 4.13. The van der Waals surface area contributed by atoms with Gasteiger partial charge >= 0.3 is 5.69 Å². The lowest BCUT2D eigenvalue weighted by molar-refractivity contribution is -0.386. The summed E-state index contributed by atoms with van der Waals surface area (Å²) in [6.45, 7) is 4.69. The van der Waals surface area contributed by atoms with Crippen LogP contribution in [0.25, 0.3) is 0 Å². The fraction of sp³-hybridized carbons (Fsp3) is 0.571. The van der Waals surface area contributed by atoms with Crippen molar-refractivity contribution in [3.05, 3.63) is 32.3 Å². The second-order valence-corrected chi connectivity index (χ2v) is 6.00. The Morgan fingerprint density at radius 2 is 2.24 bits per heavy atom. The van der Waals surface area contributed by atoms with Crippen LogP contribution in [0.4, 0.5) is 5.69 Å². The maximum absolute atomic E-state index is 11.2. The third kappa shape index (κ3) is 3.36. The van der Waals surface area contributed by atoms with Crippen LogP contribution in [0.3, 0.4) is 0 Å². The lowest BCUT2D eigenvalue weighted by Crippen LogP contribution is -2.61. The SMILES string of the molecule is CCNC1CC(Oc2c(C)cc(Br)cc2[N+](=O)[O-])C1OC. The molecule has 0 amide bonds. The second kappa shape index (κ2) is 6.72. The van der Waals surface area contributed by atoms with Gasteiger partial charge in [0.05, 0.1) is 4.92 Å². The molecule has 0 aliphatic heterocycles. The van der Waals surface area contributed by atoms with E-state index in [9.17, 15) is 10.1 Å². The lowest BCUT2D eigenvalue weighted by Gasteiger charge is -2.43. The second-order valence-electron chi connectivity index (χ2n) is 5.08. The molecular weight excluding hydrogens is 340 g/mol. The molecule has 116 valence electrons. The van der Waals surface area contributed by atoms with Gasteiger partial charge in [0.25, 0.3) is 0 Å². The van der Waals surface area contributed by atoms with Crippen molar-refractivity contribution in [2.75, 3.05) is 13.7 Å². The van der Waals surface area contributed by atoms with Crippen LogP contribution in [-0.2, 0) is 4.74 Å². The molecule has 0 aromatic heterocycles. The van der Waals surface area contributed by atoms with E-state index in [1.165, 1.54) is 6.07 Å². The van der Waals surface area contributed by atoms with E-state index in [1.807, 2.05) is 13.0 Å². The van der Waals surface area contributed by atoms with Gasteiger partial charge in [-0.2, -0.15) is 0 Å². The van der Waals surface area contributed by atoms with Gasteiger partial charge in [-0.15, -0.1) is 0 Å². The van der Waals surface area contributed by atoms with Crippen molar-refractivity contribution in [2.45, 2.75) is 38.5 Å². The maximum Gasteiger partial charge on any atom is 0.312 e. The number of hydrogen-bond donors (Lipinski definition) is 1. The molecule has 3 atom stereocenters. The minimum absolute atomic E-state index is 0.0244. The number of methoxy groups -OCH3 is 1. The summed E-state index contributed by atoms with van der Waals surface area (Å²) < 4.78 is 12.0. The minimum atomic E-state index is -0.421. The van der Waals surface area contributed by atoms with Gasteiger partial charge in [-0.3, -0.25) is 10.1 Å². The molecule has 1 N–H and O–H groups in total. The number of nitrogens with zero attached hydrogens (tertiary/aromatic N) is 1. The van der Waals surface area contributed by atoms with Crippen LogP contribution in [0.15, 0.2) is 16.6 Å². The van der Waals surface area contributed by atoms with Gasteiger partial charge in [0, 0.05) is 30.1 Å². The Hall–Kier alpha value is -1.18. The molecule has 6 nitrogen and oxygen atoms in total. The van der Waals surface area contributed by atoms with E-state index in [0.717, 1.165) is 18.5 Å². The number of benzene rings is 1. The first-order chi connectivity index (χ1) is 9.97. The van der Waals surface area contributed by atoms with Gasteiger partial charge in [0.15, 0.2) is 0 Å². The highest BCUT2D eigenvalue weighted by Crippen LogP contribution is 2.38. The van der Waals surface area contributed by atoms with Gasteiger partial charge in [-0.25, -0.2) is 0 Å². The quantitative estimate of drug-likeness (QED) is 0.625. The summed E-state index contributed by atoms with van der Waals surface area (Å²) in [6.07, 6.45) is 0.518. The Morgan fingerprint density at radius 1 is 1.52 bits per heavy atom. The fourth-order valence-corrected chi connectivity index (χ4v) is 3.19. The molecule has 0 bridgehead atoms. The number of nitro benzene ring substituents is 1. The summed E-state index contributed by atoms with van der Waals surface area (Å²) in [6, 6.07) is 3.51. The fourth-order valence-electron chi connectivity index (χ4n) is 2.63. The highest BCUT2D eigenvalue weighted by molar-refractivity contribution is 9.10. The monoisotopic (exact) mass is 358 g/mol. The van der Waals surface area contributed by atoms with Crippen molar-refractivity contribution in [1.82, 2.24) is 5.32 Å². The summed E-state index contributed by atoms with van der Waals surface area (Å²) in [4.78, 5) is 10.8. The normalized spacial score (nSPS) is 24.5. The van der Waals surface area contributed by atoms with Crippen molar-refractivity contribution in [3.8, 4) is 5.75 Å². The summed E-state index contributed by atoms with van der Waals surface area (Å²) in [5, 5.41) is 14.5. The number of likely N-dealkylation sites (N-methyl/N-ethyl adjacent to an activating group) is 1. The van der Waals surface area contributed by atoms with Crippen molar-refractivity contribution in [2.24, 2.45) is 0 Å². The number of halogens is 1. The number of rotatable bonds is 6. The Kier molecular flexibility index (Phi) is 5.18. The maximum atomic E-state index is 11.2. The van der Waals surface area contributed by atoms with Crippen molar-refractivity contribution in [3.63, 3.8) is 0 Å². The molecular formula is C14H19BrN2O4. The molecule has 7 heteroatoms. The molecule has 1 aromatic rings. The molecule has 2 rings (SSSR count). The Bertz CT molecular complexity index is 538. The molecule has 21 heavy (non-hydrogen) atoms. The van der Waals surface area contributed by atoms with E-state index in [-0.39, 0.29) is 23.9 Å². The van der Waals surface area contributed by atoms with E-state index in [2.05, 4.69) is 21.2 Å². The zero-order valence-corrected chi connectivity index (χ0v) is 13.8. The van der Waals surface area contributed by atoms with Crippen molar-refractivity contribution >= 4 is 21.6 Å². The Morgan fingerprint density at radius 3 is 2.81 bits per heavy atom. The van der Waals surface area contributed by atoms with E-state index >= 15 is 0 Å². The lowest BCUT2D eigenvalue weighted by atomic mass is 9.85. The van der Waals surface area contributed by atoms with Gasteiger partial charge in [-0.1, -0.05) is 22.9 Å². The van der Waals surface area contributed by atoms with Gasteiger partial charge in [0.2, 0.25) is 5.75 Å². The first kappa shape index (κ1) is 16.2. The Balaban J connectivity index is 2.19. The van der Waals surface area contributed by atoms with Crippen LogP contribution < -0.4 is 10.1 Å². The number of nitro groups is 1. The van der Waals surface area contributed by atoms with Crippen molar-refractivity contribution in [1.29, 1.82) is 0 Å². The zero-order valence-electron chi connectivity index (χ0n) is 12.3. The van der Waals surface area contributed by atoms with Crippen LogP contribution >= 0.6 is 15.9 Å². The molecule has 1 saturated carbocycles. The smallest absolute Gasteiger partial charge is 0.312 e. The average Bonchev–Trinajstić information content (AvgIpc) is 2.39. The summed E-state index contributed by atoms with van der Waals surface area (Å²) in [5.74, 6) is 0.324. The highest BCUT2D eigenvalue weighted by Gasteiger charge is 2.43. The molecule has 1 fully saturated rings. The molecule has 1 aromatic carbocycles. The first-order valence-electron chi connectivity index (χ1n) is 6.85. The van der Waals surface area contributed by atoms with Crippen LogP contribution in [0.1, 0.15) is 18.9 Å². The number of ether oxygens (including phenoxy) is 2. The molecule has 1 aliphatic carbocycles. The van der Waals surface area contributed by atoms with Crippen LogP contribution in [0.2, 0.25) is 0 Å². The zero-order chi connectivity index (χ0) is 15.6. The van der Waals surface area contributed by atoms with E-state index < -0.39 is 4.92 Å². The van der Waals surface area contributed by atoms with Crippen LogP contribution in [0, 0.1) is 17.0 Å². The standard InChI is InChI=1S/C14H19BrN2O4/c1-4-16-10-7-12(14(10)20-3)21-13-8(2)5-9(15)6-11(13)17(18)19/h5-6,10,12,14,16H,4,7H2,1-3H3. The van der Waals surface area contributed by atoms with E-state index in [4.69, 9.17) is 9.47 Å². The molecule has 0 spiro atoms. The van der Waals surface area contributed by atoms with Crippen molar-refractivity contribution < 1.29 is 14.4 Å². The minimum Gasteiger partial charge on any atom is -0.480 e. The average molecular weight is 359 g/mol. The molecule has 0 heterocycles. The van der Waals surface area contributed by atoms with E-state index in [0.29, 0.717) is 10.2 Å². The van der Waals surface area contributed by atoms with E-state index in [1.54, 1.807) is 14.0 Å². The number of aryl methyl sites for hydroxylation is 1. The number of hydrogen-bond acceptors (Lipinski definition) is 5.